The van der Waals surface area contributed by atoms with Gasteiger partial charge in [0, 0.05) is 26.2 Å². The van der Waals surface area contributed by atoms with E-state index in [0.29, 0.717) is 5.92 Å². The van der Waals surface area contributed by atoms with Gasteiger partial charge in [-0.05, 0) is 32.1 Å². The molecule has 2 rings (SSSR count). The van der Waals surface area contributed by atoms with E-state index in [1.165, 1.54) is 0 Å². The average molecular weight is 226 g/mol. The maximum atomic E-state index is 12.0. The molecule has 0 radical (unpaired) electrons. The summed E-state index contributed by atoms with van der Waals surface area (Å²) in [5.41, 5.74) is 0. The highest BCUT2D eigenvalue weighted by molar-refractivity contribution is 5.81. The molecule has 2 saturated heterocycles. The standard InChI is InChI=1S/C12H22N2O2/c1-10(12(15)14-5-2-3-6-14)13-8-11-4-7-16-9-11/h10-11,13H,2-9H2,1H3. The lowest BCUT2D eigenvalue weighted by Gasteiger charge is -2.22. The smallest absolute Gasteiger partial charge is 0.239 e. The summed E-state index contributed by atoms with van der Waals surface area (Å²) < 4.78 is 5.31. The van der Waals surface area contributed by atoms with E-state index in [2.05, 4.69) is 5.32 Å². The SMILES string of the molecule is CC(NCC1CCOC1)C(=O)N1CCCC1. The van der Waals surface area contributed by atoms with Crippen LogP contribution in [0.4, 0.5) is 0 Å². The first-order valence-electron chi connectivity index (χ1n) is 6.37. The minimum absolute atomic E-state index is 0.0429. The van der Waals surface area contributed by atoms with Crippen molar-refractivity contribution in [3.8, 4) is 0 Å². The van der Waals surface area contributed by atoms with Crippen molar-refractivity contribution in [2.45, 2.75) is 32.2 Å². The Labute approximate surface area is 97.3 Å². The van der Waals surface area contributed by atoms with Crippen molar-refractivity contribution >= 4 is 5.91 Å². The summed E-state index contributed by atoms with van der Waals surface area (Å²) in [7, 11) is 0. The van der Waals surface area contributed by atoms with Gasteiger partial charge in [0.1, 0.15) is 0 Å². The van der Waals surface area contributed by atoms with Crippen LogP contribution in [0.15, 0.2) is 0 Å². The Morgan fingerprint density at radius 3 is 2.88 bits per heavy atom. The normalized spacial score (nSPS) is 27.3. The fourth-order valence-corrected chi connectivity index (χ4v) is 2.39. The monoisotopic (exact) mass is 226 g/mol. The van der Waals surface area contributed by atoms with Crippen LogP contribution >= 0.6 is 0 Å². The Morgan fingerprint density at radius 1 is 1.50 bits per heavy atom. The molecule has 16 heavy (non-hydrogen) atoms. The van der Waals surface area contributed by atoms with E-state index in [0.717, 1.165) is 52.1 Å². The molecule has 0 bridgehead atoms. The lowest BCUT2D eigenvalue weighted by molar-refractivity contribution is -0.132. The lowest BCUT2D eigenvalue weighted by atomic mass is 10.1. The number of hydrogen-bond acceptors (Lipinski definition) is 3. The molecule has 0 saturated carbocycles. The number of nitrogens with one attached hydrogen (secondary N) is 1. The Kier molecular flexibility index (Phi) is 4.18. The molecule has 0 aromatic rings. The first-order valence-corrected chi connectivity index (χ1v) is 6.37. The fraction of sp³-hybridized carbons (Fsp3) is 0.917. The molecule has 4 heteroatoms. The van der Waals surface area contributed by atoms with Gasteiger partial charge >= 0.3 is 0 Å². The molecule has 2 atom stereocenters. The molecule has 0 aromatic carbocycles. The van der Waals surface area contributed by atoms with Crippen molar-refractivity contribution in [3.63, 3.8) is 0 Å². The Morgan fingerprint density at radius 2 is 2.25 bits per heavy atom. The van der Waals surface area contributed by atoms with Crippen molar-refractivity contribution in [2.24, 2.45) is 5.92 Å². The maximum absolute atomic E-state index is 12.0. The van der Waals surface area contributed by atoms with Crippen LogP contribution in [0.1, 0.15) is 26.2 Å². The zero-order valence-electron chi connectivity index (χ0n) is 10.1. The molecule has 0 aromatic heterocycles. The summed E-state index contributed by atoms with van der Waals surface area (Å²) in [6.45, 7) is 6.48. The van der Waals surface area contributed by atoms with Gasteiger partial charge in [0.2, 0.25) is 5.91 Å². The molecular weight excluding hydrogens is 204 g/mol. The van der Waals surface area contributed by atoms with Crippen LogP contribution < -0.4 is 5.32 Å². The molecular formula is C12H22N2O2. The molecule has 1 N–H and O–H groups in total. The number of carbonyl (C=O) groups excluding carboxylic acids is 1. The van der Waals surface area contributed by atoms with Crippen LogP contribution in [0, 0.1) is 5.92 Å². The van der Waals surface area contributed by atoms with Gasteiger partial charge in [-0.25, -0.2) is 0 Å². The van der Waals surface area contributed by atoms with E-state index >= 15 is 0 Å². The highest BCUT2D eigenvalue weighted by atomic mass is 16.5. The summed E-state index contributed by atoms with van der Waals surface area (Å²) >= 11 is 0. The van der Waals surface area contributed by atoms with Gasteiger partial charge in [-0.2, -0.15) is 0 Å². The van der Waals surface area contributed by atoms with E-state index in [-0.39, 0.29) is 11.9 Å². The van der Waals surface area contributed by atoms with Crippen molar-refractivity contribution in [1.82, 2.24) is 10.2 Å². The third kappa shape index (κ3) is 2.95. The number of amides is 1. The van der Waals surface area contributed by atoms with Crippen molar-refractivity contribution in [3.05, 3.63) is 0 Å². The molecule has 2 heterocycles. The second-order valence-corrected chi connectivity index (χ2v) is 4.89. The third-order valence-corrected chi connectivity index (χ3v) is 3.52. The number of carbonyl (C=O) groups is 1. The van der Waals surface area contributed by atoms with Crippen molar-refractivity contribution in [2.75, 3.05) is 32.8 Å². The number of ether oxygens (including phenoxy) is 1. The quantitative estimate of drug-likeness (QED) is 0.764. The molecule has 1 amide bonds. The average Bonchev–Trinajstić information content (AvgIpc) is 2.96. The van der Waals surface area contributed by atoms with Gasteiger partial charge < -0.3 is 15.0 Å². The van der Waals surface area contributed by atoms with Gasteiger partial charge in [-0.1, -0.05) is 0 Å². The van der Waals surface area contributed by atoms with E-state index in [1.807, 2.05) is 11.8 Å². The largest absolute Gasteiger partial charge is 0.381 e. The molecule has 4 nitrogen and oxygen atoms in total. The van der Waals surface area contributed by atoms with Gasteiger partial charge in [0.25, 0.3) is 0 Å². The molecule has 2 fully saturated rings. The van der Waals surface area contributed by atoms with Gasteiger partial charge in [0.05, 0.1) is 12.6 Å². The van der Waals surface area contributed by atoms with Crippen molar-refractivity contribution < 1.29 is 9.53 Å². The fourth-order valence-electron chi connectivity index (χ4n) is 2.39. The van der Waals surface area contributed by atoms with Gasteiger partial charge in [0.15, 0.2) is 0 Å². The summed E-state index contributed by atoms with van der Waals surface area (Å²) in [4.78, 5) is 14.0. The maximum Gasteiger partial charge on any atom is 0.239 e. The number of likely N-dealkylation sites (tertiary alicyclic amines) is 1. The number of rotatable bonds is 4. The van der Waals surface area contributed by atoms with Gasteiger partial charge in [-0.15, -0.1) is 0 Å². The lowest BCUT2D eigenvalue weighted by Crippen LogP contribution is -2.45. The second kappa shape index (κ2) is 5.64. The minimum Gasteiger partial charge on any atom is -0.381 e. The number of hydrogen-bond donors (Lipinski definition) is 1. The van der Waals surface area contributed by atoms with Crippen LogP contribution in [0.5, 0.6) is 0 Å². The first kappa shape index (κ1) is 11.9. The Balaban J connectivity index is 1.69. The molecule has 0 aliphatic carbocycles. The highest BCUT2D eigenvalue weighted by Crippen LogP contribution is 2.12. The minimum atomic E-state index is -0.0429. The molecule has 2 aliphatic rings. The number of nitrogens with zero attached hydrogens (tertiary/aromatic N) is 1. The Bertz CT molecular complexity index is 233. The van der Waals surface area contributed by atoms with Crippen LogP contribution in [-0.2, 0) is 9.53 Å². The molecule has 0 spiro atoms. The van der Waals surface area contributed by atoms with Crippen LogP contribution in [-0.4, -0.2) is 49.7 Å². The zero-order valence-corrected chi connectivity index (χ0v) is 10.1. The highest BCUT2D eigenvalue weighted by Gasteiger charge is 2.24. The summed E-state index contributed by atoms with van der Waals surface area (Å²) in [6, 6.07) is -0.0429. The summed E-state index contributed by atoms with van der Waals surface area (Å²) in [5.74, 6) is 0.852. The van der Waals surface area contributed by atoms with Crippen LogP contribution in [0.25, 0.3) is 0 Å². The van der Waals surface area contributed by atoms with Crippen molar-refractivity contribution in [1.29, 1.82) is 0 Å². The van der Waals surface area contributed by atoms with Crippen LogP contribution in [0.3, 0.4) is 0 Å². The van der Waals surface area contributed by atoms with Gasteiger partial charge in [-0.3, -0.25) is 4.79 Å². The van der Waals surface area contributed by atoms with E-state index in [9.17, 15) is 4.79 Å². The predicted octanol–water partition coefficient (Wildman–Crippen LogP) is 0.623. The van der Waals surface area contributed by atoms with Crippen LogP contribution in [0.2, 0.25) is 0 Å². The summed E-state index contributed by atoms with van der Waals surface area (Å²) in [6.07, 6.45) is 3.45. The van der Waals surface area contributed by atoms with E-state index < -0.39 is 0 Å². The zero-order chi connectivity index (χ0) is 11.4. The molecule has 2 aliphatic heterocycles. The van der Waals surface area contributed by atoms with E-state index in [1.54, 1.807) is 0 Å². The third-order valence-electron chi connectivity index (χ3n) is 3.52. The second-order valence-electron chi connectivity index (χ2n) is 4.89. The summed E-state index contributed by atoms with van der Waals surface area (Å²) in [5, 5.41) is 3.33. The first-order chi connectivity index (χ1) is 7.77. The molecule has 2 unspecified atom stereocenters. The van der Waals surface area contributed by atoms with E-state index in [4.69, 9.17) is 4.74 Å². The molecule has 92 valence electrons. The predicted molar refractivity (Wildman–Crippen MR) is 62.2 cm³/mol. The Hall–Kier alpha value is -0.610. The topological polar surface area (TPSA) is 41.6 Å².